The highest BCUT2D eigenvalue weighted by Gasteiger charge is 2.40. The van der Waals surface area contributed by atoms with E-state index < -0.39 is 0 Å². The molecule has 1 saturated heterocycles. The predicted octanol–water partition coefficient (Wildman–Crippen LogP) is 2.98. The third kappa shape index (κ3) is 3.14. The summed E-state index contributed by atoms with van der Waals surface area (Å²) in [6.07, 6.45) is 8.62. The summed E-state index contributed by atoms with van der Waals surface area (Å²) < 4.78 is 6.04. The normalized spacial score (nSPS) is 30.8. The summed E-state index contributed by atoms with van der Waals surface area (Å²) in [4.78, 5) is 0. The minimum atomic E-state index is 0.245. The van der Waals surface area contributed by atoms with Gasteiger partial charge < -0.3 is 9.84 Å². The van der Waals surface area contributed by atoms with Crippen LogP contribution in [-0.2, 0) is 4.74 Å². The van der Waals surface area contributed by atoms with Crippen molar-refractivity contribution in [2.75, 3.05) is 13.2 Å². The number of ether oxygens (including phenoxy) is 1. The fourth-order valence-electron chi connectivity index (χ4n) is 3.05. The van der Waals surface area contributed by atoms with Crippen LogP contribution in [0.2, 0.25) is 0 Å². The highest BCUT2D eigenvalue weighted by atomic mass is 32.2. The van der Waals surface area contributed by atoms with E-state index in [2.05, 4.69) is 18.7 Å². The van der Waals surface area contributed by atoms with Crippen molar-refractivity contribution in [2.24, 2.45) is 0 Å². The molecule has 1 N–H and O–H groups in total. The van der Waals surface area contributed by atoms with E-state index in [1.165, 1.54) is 38.5 Å². The monoisotopic (exact) mass is 244 g/mol. The van der Waals surface area contributed by atoms with Crippen molar-refractivity contribution in [3.63, 3.8) is 0 Å². The maximum atomic E-state index is 8.93. The topological polar surface area (TPSA) is 29.5 Å². The molecule has 2 nitrogen and oxygen atoms in total. The third-order valence-corrected chi connectivity index (χ3v) is 5.41. The van der Waals surface area contributed by atoms with Crippen LogP contribution < -0.4 is 0 Å². The summed E-state index contributed by atoms with van der Waals surface area (Å²) in [5, 5.41) is 10.3. The van der Waals surface area contributed by atoms with Crippen LogP contribution in [0.3, 0.4) is 0 Å². The van der Waals surface area contributed by atoms with Crippen LogP contribution in [0.5, 0.6) is 0 Å². The Morgan fingerprint density at radius 3 is 2.88 bits per heavy atom. The smallest absolute Gasteiger partial charge is 0.0693 e. The van der Waals surface area contributed by atoms with Gasteiger partial charge in [0.2, 0.25) is 0 Å². The maximum absolute atomic E-state index is 8.93. The third-order valence-electron chi connectivity index (χ3n) is 3.92. The average molecular weight is 244 g/mol. The quantitative estimate of drug-likeness (QED) is 0.824. The minimum Gasteiger partial charge on any atom is -0.396 e. The maximum Gasteiger partial charge on any atom is 0.0693 e. The van der Waals surface area contributed by atoms with Crippen LogP contribution in [0.15, 0.2) is 0 Å². The fraction of sp³-hybridized carbons (Fsp3) is 1.00. The molecule has 16 heavy (non-hydrogen) atoms. The number of thioether (sulfide) groups is 1. The van der Waals surface area contributed by atoms with Gasteiger partial charge in [-0.25, -0.2) is 0 Å². The van der Waals surface area contributed by atoms with Gasteiger partial charge in [-0.2, -0.15) is 11.8 Å². The lowest BCUT2D eigenvalue weighted by atomic mass is 9.92. The van der Waals surface area contributed by atoms with Gasteiger partial charge in [0.05, 0.1) is 5.60 Å². The molecule has 1 aliphatic heterocycles. The second-order valence-electron chi connectivity index (χ2n) is 5.31. The summed E-state index contributed by atoms with van der Waals surface area (Å²) in [7, 11) is 0. The predicted molar refractivity (Wildman–Crippen MR) is 68.9 cm³/mol. The van der Waals surface area contributed by atoms with Gasteiger partial charge in [0.25, 0.3) is 0 Å². The van der Waals surface area contributed by atoms with Gasteiger partial charge in [0.15, 0.2) is 0 Å². The molecular weight excluding hydrogens is 220 g/mol. The summed E-state index contributed by atoms with van der Waals surface area (Å²) in [6, 6.07) is 0. The number of hydrogen-bond donors (Lipinski definition) is 1. The van der Waals surface area contributed by atoms with E-state index in [1.807, 2.05) is 0 Å². The zero-order valence-electron chi connectivity index (χ0n) is 10.3. The Balaban J connectivity index is 1.82. The summed E-state index contributed by atoms with van der Waals surface area (Å²) in [5.74, 6) is 0. The molecule has 3 heteroatoms. The van der Waals surface area contributed by atoms with Crippen molar-refractivity contribution in [1.29, 1.82) is 0 Å². The van der Waals surface area contributed by atoms with Gasteiger partial charge in [-0.1, -0.05) is 19.8 Å². The lowest BCUT2D eigenvalue weighted by Gasteiger charge is -2.38. The summed E-state index contributed by atoms with van der Waals surface area (Å²) >= 11 is 2.07. The van der Waals surface area contributed by atoms with Crippen LogP contribution in [0.25, 0.3) is 0 Å². The van der Waals surface area contributed by atoms with E-state index in [-0.39, 0.29) is 5.60 Å². The lowest BCUT2D eigenvalue weighted by molar-refractivity contribution is -0.0704. The first-order chi connectivity index (χ1) is 7.74. The van der Waals surface area contributed by atoms with Crippen molar-refractivity contribution < 1.29 is 9.84 Å². The Morgan fingerprint density at radius 1 is 1.44 bits per heavy atom. The van der Waals surface area contributed by atoms with Crippen LogP contribution in [0, 0.1) is 0 Å². The molecule has 2 unspecified atom stereocenters. The molecule has 94 valence electrons. The standard InChI is InChI=1S/C13H24O2S/c1-11(4-8-14)16-12-5-9-15-13(10-12)6-2-3-7-13/h11-12,14H,2-10H2,1H3. The molecule has 2 aliphatic rings. The van der Waals surface area contributed by atoms with Crippen molar-refractivity contribution in [1.82, 2.24) is 0 Å². The van der Waals surface area contributed by atoms with E-state index in [4.69, 9.17) is 9.84 Å². The number of rotatable bonds is 4. The Labute approximate surface area is 103 Å². The van der Waals surface area contributed by atoms with Gasteiger partial charge in [0.1, 0.15) is 0 Å². The lowest BCUT2D eigenvalue weighted by Crippen LogP contribution is -2.38. The largest absolute Gasteiger partial charge is 0.396 e. The molecular formula is C13H24O2S. The zero-order valence-corrected chi connectivity index (χ0v) is 11.1. The SMILES string of the molecule is CC(CCO)SC1CCOC2(CCCC2)C1. The van der Waals surface area contributed by atoms with E-state index >= 15 is 0 Å². The molecule has 2 atom stereocenters. The summed E-state index contributed by atoms with van der Waals surface area (Å²) in [5.41, 5.74) is 0.245. The number of aliphatic hydroxyl groups excluding tert-OH is 1. The van der Waals surface area contributed by atoms with E-state index in [0.29, 0.717) is 11.9 Å². The first-order valence-corrected chi connectivity index (χ1v) is 7.59. The second-order valence-corrected chi connectivity index (χ2v) is 7.06. The Morgan fingerprint density at radius 2 is 2.19 bits per heavy atom. The van der Waals surface area contributed by atoms with Gasteiger partial charge >= 0.3 is 0 Å². The molecule has 1 saturated carbocycles. The number of aliphatic hydroxyl groups is 1. The van der Waals surface area contributed by atoms with Crippen molar-refractivity contribution in [2.45, 2.75) is 68.0 Å². The molecule has 0 bridgehead atoms. The highest BCUT2D eigenvalue weighted by Crippen LogP contribution is 2.43. The molecule has 0 aromatic carbocycles. The minimum absolute atomic E-state index is 0.245. The van der Waals surface area contributed by atoms with Crippen molar-refractivity contribution in [3.8, 4) is 0 Å². The first kappa shape index (κ1) is 12.7. The second kappa shape index (κ2) is 5.74. The van der Waals surface area contributed by atoms with Crippen molar-refractivity contribution in [3.05, 3.63) is 0 Å². The molecule has 0 aromatic heterocycles. The molecule has 1 spiro atoms. The van der Waals surface area contributed by atoms with Crippen LogP contribution >= 0.6 is 11.8 Å². The molecule has 1 aliphatic carbocycles. The summed E-state index contributed by atoms with van der Waals surface area (Å²) in [6.45, 7) is 3.50. The molecule has 0 radical (unpaired) electrons. The molecule has 0 aromatic rings. The van der Waals surface area contributed by atoms with Crippen LogP contribution in [0.1, 0.15) is 51.9 Å². The van der Waals surface area contributed by atoms with Gasteiger partial charge in [-0.05, 0) is 32.1 Å². The van der Waals surface area contributed by atoms with E-state index in [9.17, 15) is 0 Å². The van der Waals surface area contributed by atoms with Crippen molar-refractivity contribution >= 4 is 11.8 Å². The van der Waals surface area contributed by atoms with Gasteiger partial charge in [-0.15, -0.1) is 0 Å². The molecule has 2 fully saturated rings. The Hall–Kier alpha value is 0.270. The van der Waals surface area contributed by atoms with Gasteiger partial charge in [0, 0.05) is 23.7 Å². The number of hydrogen-bond acceptors (Lipinski definition) is 3. The fourth-order valence-corrected chi connectivity index (χ4v) is 4.58. The molecule has 0 amide bonds. The Bertz CT molecular complexity index is 214. The van der Waals surface area contributed by atoms with Gasteiger partial charge in [-0.3, -0.25) is 0 Å². The molecule has 2 rings (SSSR count). The zero-order chi connectivity index (χ0) is 11.4. The average Bonchev–Trinajstić information content (AvgIpc) is 2.66. The molecule has 1 heterocycles. The van der Waals surface area contributed by atoms with Crippen LogP contribution in [0.4, 0.5) is 0 Å². The first-order valence-electron chi connectivity index (χ1n) is 6.64. The Kier molecular flexibility index (Phi) is 4.57. The highest BCUT2D eigenvalue weighted by molar-refractivity contribution is 8.00. The van der Waals surface area contributed by atoms with Crippen LogP contribution in [-0.4, -0.2) is 34.4 Å². The van der Waals surface area contributed by atoms with E-state index in [0.717, 1.165) is 18.3 Å². The van der Waals surface area contributed by atoms with E-state index in [1.54, 1.807) is 0 Å².